The van der Waals surface area contributed by atoms with Crippen molar-refractivity contribution in [3.05, 3.63) is 63.0 Å². The highest BCUT2D eigenvalue weighted by molar-refractivity contribution is 8.03. The lowest BCUT2D eigenvalue weighted by Gasteiger charge is -2.38. The van der Waals surface area contributed by atoms with E-state index in [0.717, 1.165) is 37.6 Å². The predicted molar refractivity (Wildman–Crippen MR) is 130 cm³/mol. The van der Waals surface area contributed by atoms with E-state index in [1.165, 1.54) is 16.2 Å². The summed E-state index contributed by atoms with van der Waals surface area (Å²) in [5, 5.41) is 4.99. The molecule has 6 heteroatoms. The maximum Gasteiger partial charge on any atom is 0.0489 e. The lowest BCUT2D eigenvalue weighted by Crippen LogP contribution is -2.54. The van der Waals surface area contributed by atoms with Crippen molar-refractivity contribution in [2.24, 2.45) is 0 Å². The van der Waals surface area contributed by atoms with E-state index in [0.29, 0.717) is 22.1 Å². The van der Waals surface area contributed by atoms with Crippen LogP contribution in [0.5, 0.6) is 0 Å². The average molecular weight is 448 g/mol. The van der Waals surface area contributed by atoms with Crippen LogP contribution in [0.2, 0.25) is 10.0 Å². The smallest absolute Gasteiger partial charge is 0.0489 e. The van der Waals surface area contributed by atoms with E-state index in [9.17, 15) is 0 Å². The molecule has 2 heterocycles. The fourth-order valence-corrected chi connectivity index (χ4v) is 5.77. The number of nitrogens with zero attached hydrogens (tertiary/aromatic N) is 2. The van der Waals surface area contributed by atoms with Crippen molar-refractivity contribution in [3.63, 3.8) is 0 Å². The minimum absolute atomic E-state index is 0.492. The maximum absolute atomic E-state index is 6.22. The van der Waals surface area contributed by atoms with Crippen LogP contribution in [0.25, 0.3) is 6.08 Å². The molecule has 4 rings (SSSR count). The summed E-state index contributed by atoms with van der Waals surface area (Å²) < 4.78 is 0. The van der Waals surface area contributed by atoms with E-state index in [1.54, 1.807) is 6.07 Å². The van der Waals surface area contributed by atoms with Crippen LogP contribution in [-0.4, -0.2) is 44.0 Å². The Labute approximate surface area is 188 Å². The number of nitrogens with one attached hydrogen (secondary N) is 1. The van der Waals surface area contributed by atoms with Crippen LogP contribution in [0, 0.1) is 0 Å². The second-order valence-electron chi connectivity index (χ2n) is 7.94. The third-order valence-electron chi connectivity index (χ3n) is 5.36. The van der Waals surface area contributed by atoms with Crippen LogP contribution in [0.15, 0.2) is 47.4 Å². The summed E-state index contributed by atoms with van der Waals surface area (Å²) in [4.78, 5) is 6.24. The van der Waals surface area contributed by atoms with E-state index < -0.39 is 0 Å². The number of benzene rings is 2. The molecule has 2 aliphatic heterocycles. The summed E-state index contributed by atoms with van der Waals surface area (Å²) in [6.45, 7) is 8.45. The molecule has 2 atom stereocenters. The van der Waals surface area contributed by atoms with Crippen molar-refractivity contribution < 1.29 is 0 Å². The summed E-state index contributed by atoms with van der Waals surface area (Å²) in [5.41, 5.74) is 3.71. The molecule has 2 aliphatic rings. The number of hydrogen-bond donors (Lipinski definition) is 1. The van der Waals surface area contributed by atoms with E-state index in [-0.39, 0.29) is 0 Å². The largest absolute Gasteiger partial charge is 0.368 e. The van der Waals surface area contributed by atoms with E-state index >= 15 is 0 Å². The van der Waals surface area contributed by atoms with Gasteiger partial charge in [0.25, 0.3) is 0 Å². The first kappa shape index (κ1) is 20.9. The lowest BCUT2D eigenvalue weighted by molar-refractivity contribution is 0.407. The van der Waals surface area contributed by atoms with Gasteiger partial charge in [-0.2, -0.15) is 0 Å². The molecule has 29 heavy (non-hydrogen) atoms. The summed E-state index contributed by atoms with van der Waals surface area (Å²) >= 11 is 14.4. The SMILES string of the molecule is CC1CN(c2ccccc2C=C2CN(c3cc(Cl)cc(Cl)c3)CCS2)CC(C)N1. The van der Waals surface area contributed by atoms with Crippen LogP contribution in [0.4, 0.5) is 11.4 Å². The first-order chi connectivity index (χ1) is 14.0. The normalized spacial score (nSPS) is 24.2. The van der Waals surface area contributed by atoms with Crippen LogP contribution in [0.1, 0.15) is 19.4 Å². The van der Waals surface area contributed by atoms with Crippen molar-refractivity contribution in [1.29, 1.82) is 0 Å². The predicted octanol–water partition coefficient (Wildman–Crippen LogP) is 5.77. The maximum atomic E-state index is 6.22. The molecule has 2 aromatic carbocycles. The highest BCUT2D eigenvalue weighted by Crippen LogP contribution is 2.33. The van der Waals surface area contributed by atoms with Crippen LogP contribution in [0.3, 0.4) is 0 Å². The van der Waals surface area contributed by atoms with Gasteiger partial charge in [0, 0.05) is 70.3 Å². The number of hydrogen-bond acceptors (Lipinski definition) is 4. The van der Waals surface area contributed by atoms with Crippen molar-refractivity contribution in [2.75, 3.05) is 41.7 Å². The zero-order chi connectivity index (χ0) is 20.4. The molecule has 2 fully saturated rings. The monoisotopic (exact) mass is 447 g/mol. The van der Waals surface area contributed by atoms with Crippen LogP contribution >= 0.6 is 35.0 Å². The standard InChI is InChI=1S/C23H27Cl2N3S/c1-16-13-28(14-17(2)26-16)23-6-4-3-5-18(23)9-22-15-27(7-8-29-22)21-11-19(24)10-20(25)12-21/h3-6,9-12,16-17,26H,7-8,13-15H2,1-2H3. The Morgan fingerprint density at radius 3 is 2.41 bits per heavy atom. The highest BCUT2D eigenvalue weighted by atomic mass is 35.5. The van der Waals surface area contributed by atoms with E-state index in [4.69, 9.17) is 23.2 Å². The van der Waals surface area contributed by atoms with Crippen molar-refractivity contribution in [1.82, 2.24) is 5.32 Å². The minimum Gasteiger partial charge on any atom is -0.368 e. The molecular weight excluding hydrogens is 421 g/mol. The molecule has 0 saturated carbocycles. The topological polar surface area (TPSA) is 18.5 Å². The number of halogens is 2. The number of thioether (sulfide) groups is 1. The molecule has 0 amide bonds. The molecule has 2 saturated heterocycles. The number of anilines is 2. The Kier molecular flexibility index (Phi) is 6.65. The minimum atomic E-state index is 0.492. The third-order valence-corrected chi connectivity index (χ3v) is 6.80. The second-order valence-corrected chi connectivity index (χ2v) is 10.0. The van der Waals surface area contributed by atoms with Gasteiger partial charge in [0.1, 0.15) is 0 Å². The fourth-order valence-electron chi connectivity index (χ4n) is 4.22. The zero-order valence-corrected chi connectivity index (χ0v) is 19.2. The van der Waals surface area contributed by atoms with E-state index in [1.807, 2.05) is 23.9 Å². The van der Waals surface area contributed by atoms with Crippen LogP contribution in [-0.2, 0) is 0 Å². The number of piperazine rings is 1. The third kappa shape index (κ3) is 5.24. The zero-order valence-electron chi connectivity index (χ0n) is 16.9. The second kappa shape index (κ2) is 9.22. The van der Waals surface area contributed by atoms with Gasteiger partial charge in [0.15, 0.2) is 0 Å². The van der Waals surface area contributed by atoms with Gasteiger partial charge in [0.2, 0.25) is 0 Å². The van der Waals surface area contributed by atoms with Gasteiger partial charge in [-0.25, -0.2) is 0 Å². The molecule has 3 nitrogen and oxygen atoms in total. The van der Waals surface area contributed by atoms with Crippen molar-refractivity contribution >= 4 is 52.4 Å². The Balaban J connectivity index is 1.58. The molecule has 2 aromatic rings. The van der Waals surface area contributed by atoms with Gasteiger partial charge in [-0.05, 0) is 49.8 Å². The Hall–Kier alpha value is -1.33. The summed E-state index contributed by atoms with van der Waals surface area (Å²) in [6.07, 6.45) is 2.36. The highest BCUT2D eigenvalue weighted by Gasteiger charge is 2.23. The molecule has 154 valence electrons. The van der Waals surface area contributed by atoms with E-state index in [2.05, 4.69) is 59.3 Å². The fraction of sp³-hybridized carbons (Fsp3) is 0.391. The van der Waals surface area contributed by atoms with Gasteiger partial charge in [-0.3, -0.25) is 0 Å². The van der Waals surface area contributed by atoms with Crippen molar-refractivity contribution in [2.45, 2.75) is 25.9 Å². The molecule has 2 unspecified atom stereocenters. The molecular formula is C23H27Cl2N3S. The first-order valence-electron chi connectivity index (χ1n) is 10.1. The average Bonchev–Trinajstić information content (AvgIpc) is 2.67. The van der Waals surface area contributed by atoms with Gasteiger partial charge >= 0.3 is 0 Å². The Morgan fingerprint density at radius 1 is 1.00 bits per heavy atom. The number of rotatable bonds is 3. The van der Waals surface area contributed by atoms with Gasteiger partial charge in [0.05, 0.1) is 0 Å². The Morgan fingerprint density at radius 2 is 1.69 bits per heavy atom. The molecule has 0 aliphatic carbocycles. The summed E-state index contributed by atoms with van der Waals surface area (Å²) in [7, 11) is 0. The number of para-hydroxylation sites is 1. The van der Waals surface area contributed by atoms with Gasteiger partial charge in [-0.15, -0.1) is 11.8 Å². The Bertz CT molecular complexity index is 871. The quantitative estimate of drug-likeness (QED) is 0.642. The molecule has 1 N–H and O–H groups in total. The van der Waals surface area contributed by atoms with Gasteiger partial charge in [-0.1, -0.05) is 41.4 Å². The lowest BCUT2D eigenvalue weighted by atomic mass is 10.1. The van der Waals surface area contributed by atoms with Gasteiger partial charge < -0.3 is 15.1 Å². The van der Waals surface area contributed by atoms with Crippen molar-refractivity contribution in [3.8, 4) is 0 Å². The summed E-state index contributed by atoms with van der Waals surface area (Å²) in [5.74, 6) is 1.06. The molecule has 0 spiro atoms. The molecule has 0 radical (unpaired) electrons. The van der Waals surface area contributed by atoms with Crippen LogP contribution < -0.4 is 15.1 Å². The first-order valence-corrected chi connectivity index (χ1v) is 11.9. The molecule has 0 bridgehead atoms. The summed E-state index contributed by atoms with van der Waals surface area (Å²) in [6, 6.07) is 15.5. The molecule has 0 aromatic heterocycles.